The monoisotopic (exact) mass is 538 g/mol. The fraction of sp³-hybridized carbons (Fsp3) is 0.158. The summed E-state index contributed by atoms with van der Waals surface area (Å²) in [5, 5.41) is 14.8. The first-order chi connectivity index (χ1) is 11.8. The predicted octanol–water partition coefficient (Wildman–Crippen LogP) is 2.88. The second-order valence-electron chi connectivity index (χ2n) is 4.65. The molecule has 25 heavy (non-hydrogen) atoms. The van der Waals surface area contributed by atoms with Gasteiger partial charge in [-0.25, -0.2) is 0 Å². The van der Waals surface area contributed by atoms with Gasteiger partial charge in [0.15, 0.2) is 0 Å². The van der Waals surface area contributed by atoms with Crippen molar-refractivity contribution in [3.05, 3.63) is 63.8 Å². The molecule has 0 heterocycles. The Balaban J connectivity index is 0.000000609. The molecule has 6 heteroatoms. The molecule has 0 amide bonds. The summed E-state index contributed by atoms with van der Waals surface area (Å²) in [5.41, 5.74) is 1.29. The molecule has 0 spiro atoms. The first-order valence-corrected chi connectivity index (χ1v) is 11.5. The molecule has 0 aliphatic heterocycles. The zero-order valence-corrected chi connectivity index (χ0v) is 18.4. The molecule has 0 saturated heterocycles. The SMILES string of the molecule is CC(=O)O.CC(=O)O.COc1cc[c]([Pb]/[CH]=C/c2ccccc2)cc1. The van der Waals surface area contributed by atoms with E-state index in [2.05, 4.69) is 46.1 Å². The van der Waals surface area contributed by atoms with Crippen LogP contribution in [-0.2, 0) is 9.59 Å². The van der Waals surface area contributed by atoms with Crippen LogP contribution in [0.5, 0.6) is 5.75 Å². The Bertz CT molecular complexity index is 631. The third kappa shape index (κ3) is 15.1. The molecular weight excluding hydrogens is 515 g/mol. The summed E-state index contributed by atoms with van der Waals surface area (Å²) in [4.78, 5) is 18.0. The van der Waals surface area contributed by atoms with Crippen LogP contribution in [0.2, 0.25) is 0 Å². The van der Waals surface area contributed by atoms with Gasteiger partial charge < -0.3 is 10.2 Å². The van der Waals surface area contributed by atoms with Crippen molar-refractivity contribution in [3.63, 3.8) is 0 Å². The van der Waals surface area contributed by atoms with Gasteiger partial charge in [0.1, 0.15) is 0 Å². The van der Waals surface area contributed by atoms with Crippen molar-refractivity contribution in [2.75, 3.05) is 7.11 Å². The molecule has 0 saturated carbocycles. The van der Waals surface area contributed by atoms with Crippen LogP contribution in [0.3, 0.4) is 0 Å². The zero-order valence-electron chi connectivity index (χ0n) is 14.5. The number of benzene rings is 2. The van der Waals surface area contributed by atoms with Gasteiger partial charge in [-0.3, -0.25) is 9.59 Å². The third-order valence-corrected chi connectivity index (χ3v) is 6.30. The quantitative estimate of drug-likeness (QED) is 0.587. The fourth-order valence-corrected chi connectivity index (χ4v) is 4.70. The van der Waals surface area contributed by atoms with Crippen LogP contribution < -0.4 is 7.86 Å². The number of methoxy groups -OCH3 is 1. The second kappa shape index (κ2) is 14.2. The molecule has 0 aliphatic carbocycles. The van der Waals surface area contributed by atoms with E-state index in [-0.39, 0.29) is 0 Å². The summed E-state index contributed by atoms with van der Waals surface area (Å²) in [6, 6.07) is 18.9. The number of carbonyl (C=O) groups is 2. The molecule has 0 atom stereocenters. The number of carboxylic acids is 2. The first-order valence-electron chi connectivity index (χ1n) is 7.36. The van der Waals surface area contributed by atoms with E-state index in [0.717, 1.165) is 19.6 Å². The number of hydrogen-bond acceptors (Lipinski definition) is 3. The maximum atomic E-state index is 9.00. The van der Waals surface area contributed by atoms with Crippen LogP contribution in [0, 0.1) is 0 Å². The van der Waals surface area contributed by atoms with E-state index >= 15 is 0 Å². The Morgan fingerprint density at radius 2 is 1.40 bits per heavy atom. The molecule has 2 aromatic rings. The van der Waals surface area contributed by atoms with Crippen molar-refractivity contribution in [3.8, 4) is 5.75 Å². The summed E-state index contributed by atoms with van der Waals surface area (Å²) in [6.07, 6.45) is 2.23. The van der Waals surface area contributed by atoms with Gasteiger partial charge >= 0.3 is 115 Å². The number of carboxylic acid groups (broad SMARTS) is 2. The van der Waals surface area contributed by atoms with Crippen LogP contribution in [0.25, 0.3) is 6.08 Å². The topological polar surface area (TPSA) is 83.8 Å². The van der Waals surface area contributed by atoms with Crippen molar-refractivity contribution in [2.45, 2.75) is 13.8 Å². The molecule has 2 radical (unpaired) electrons. The van der Waals surface area contributed by atoms with Crippen molar-refractivity contribution in [1.29, 1.82) is 0 Å². The zero-order chi connectivity index (χ0) is 19.1. The van der Waals surface area contributed by atoms with E-state index in [4.69, 9.17) is 24.5 Å². The Kier molecular flexibility index (Phi) is 13.0. The van der Waals surface area contributed by atoms with E-state index in [9.17, 15) is 0 Å². The Morgan fingerprint density at radius 1 is 0.920 bits per heavy atom. The average Bonchev–Trinajstić information content (AvgIpc) is 2.55. The Hall–Kier alpha value is -2.16. The Labute approximate surface area is 160 Å². The molecular formula is C19H22O5Pb. The number of hydrogen-bond donors (Lipinski definition) is 2. The summed E-state index contributed by atoms with van der Waals surface area (Å²) >= 11 is -0.818. The van der Waals surface area contributed by atoms with Crippen molar-refractivity contribution >= 4 is 45.4 Å². The van der Waals surface area contributed by atoms with E-state index < -0.39 is 36.2 Å². The summed E-state index contributed by atoms with van der Waals surface area (Å²) in [5.74, 6) is -0.732. The number of rotatable bonds is 4. The average molecular weight is 538 g/mol. The van der Waals surface area contributed by atoms with Crippen LogP contribution >= 0.6 is 0 Å². The van der Waals surface area contributed by atoms with Crippen molar-refractivity contribution in [1.82, 2.24) is 0 Å². The van der Waals surface area contributed by atoms with Gasteiger partial charge in [-0.15, -0.1) is 0 Å². The van der Waals surface area contributed by atoms with E-state index in [1.165, 1.54) is 8.69 Å². The summed E-state index contributed by atoms with van der Waals surface area (Å²) < 4.78 is 9.00. The molecule has 0 aliphatic rings. The van der Waals surface area contributed by atoms with Gasteiger partial charge in [0.05, 0.1) is 0 Å². The molecule has 2 rings (SSSR count). The van der Waals surface area contributed by atoms with Crippen LogP contribution in [0.4, 0.5) is 0 Å². The first kappa shape index (κ1) is 22.8. The summed E-state index contributed by atoms with van der Waals surface area (Å²) in [6.45, 7) is 2.17. The van der Waals surface area contributed by atoms with Gasteiger partial charge in [0.2, 0.25) is 0 Å². The molecule has 132 valence electrons. The van der Waals surface area contributed by atoms with Gasteiger partial charge in [0.25, 0.3) is 11.9 Å². The molecule has 0 aromatic heterocycles. The second-order valence-corrected chi connectivity index (χ2v) is 9.32. The number of ether oxygens (including phenoxy) is 1. The molecule has 0 fully saturated rings. The normalized spacial score (nSPS) is 9.24. The maximum absolute atomic E-state index is 9.00. The molecule has 2 N–H and O–H groups in total. The van der Waals surface area contributed by atoms with Gasteiger partial charge in [-0.1, -0.05) is 0 Å². The van der Waals surface area contributed by atoms with E-state index in [1.807, 2.05) is 18.2 Å². The van der Waals surface area contributed by atoms with E-state index in [0.29, 0.717) is 0 Å². The molecule has 2 aromatic carbocycles. The van der Waals surface area contributed by atoms with Crippen LogP contribution in [-0.4, -0.2) is 53.5 Å². The molecule has 0 unspecified atom stereocenters. The molecule has 0 bridgehead atoms. The van der Waals surface area contributed by atoms with Crippen LogP contribution in [0.1, 0.15) is 19.4 Å². The minimum absolute atomic E-state index is 0.818. The van der Waals surface area contributed by atoms with E-state index in [1.54, 1.807) is 7.11 Å². The third-order valence-electron chi connectivity index (χ3n) is 2.42. The minimum atomic E-state index is -0.833. The van der Waals surface area contributed by atoms with Crippen molar-refractivity contribution < 1.29 is 24.5 Å². The molecule has 5 nitrogen and oxygen atoms in total. The standard InChI is InChI=1S/C8H7.C7H7O.2C2H4O2.Pb/c1-2-8-6-4-3-5-7-8;1-8-7-5-3-2-4-6-7;2*1-2(3)4;/h1-7H;3-6H,1H3;2*1H3,(H,3,4);. The number of aliphatic carboxylic acids is 2. The Morgan fingerprint density at radius 3 is 1.84 bits per heavy atom. The fourth-order valence-electron chi connectivity index (χ4n) is 1.49. The van der Waals surface area contributed by atoms with Gasteiger partial charge in [-0.2, -0.15) is 0 Å². The van der Waals surface area contributed by atoms with Crippen LogP contribution in [0.15, 0.2) is 58.2 Å². The predicted molar refractivity (Wildman–Crippen MR) is 100 cm³/mol. The summed E-state index contributed by atoms with van der Waals surface area (Å²) in [7, 11) is 1.70. The van der Waals surface area contributed by atoms with Crippen molar-refractivity contribution in [2.24, 2.45) is 0 Å². The van der Waals surface area contributed by atoms with Gasteiger partial charge in [-0.05, 0) is 0 Å². The van der Waals surface area contributed by atoms with Gasteiger partial charge in [0, 0.05) is 13.8 Å².